The molecule has 8 nitrogen and oxygen atoms in total. The third kappa shape index (κ3) is 5.48. The molecule has 0 bridgehead atoms. The van der Waals surface area contributed by atoms with Crippen molar-refractivity contribution in [1.29, 1.82) is 0 Å². The predicted octanol–water partition coefficient (Wildman–Crippen LogP) is 4.66. The molecule has 3 aromatic rings. The van der Waals surface area contributed by atoms with E-state index in [0.29, 0.717) is 17.1 Å². The number of nitrogens with one attached hydrogen (secondary N) is 2. The van der Waals surface area contributed by atoms with Crippen molar-refractivity contribution in [3.05, 3.63) is 71.2 Å². The van der Waals surface area contributed by atoms with Crippen LogP contribution in [0.5, 0.6) is 5.75 Å². The molecule has 1 saturated heterocycles. The lowest BCUT2D eigenvalue weighted by molar-refractivity contribution is 0.415. The summed E-state index contributed by atoms with van der Waals surface area (Å²) in [6.07, 6.45) is 1.97. The highest BCUT2D eigenvalue weighted by molar-refractivity contribution is 9.10. The molecule has 1 fully saturated rings. The molecule has 0 saturated carbocycles. The molecule has 1 aliphatic rings. The van der Waals surface area contributed by atoms with E-state index in [2.05, 4.69) is 25.4 Å². The van der Waals surface area contributed by atoms with Crippen molar-refractivity contribution in [3.8, 4) is 5.75 Å². The second-order valence-electron chi connectivity index (χ2n) is 7.77. The van der Waals surface area contributed by atoms with Gasteiger partial charge in [-0.15, -0.1) is 0 Å². The van der Waals surface area contributed by atoms with Crippen molar-refractivity contribution in [1.82, 2.24) is 0 Å². The lowest BCUT2D eigenvalue weighted by Gasteiger charge is -2.23. The molecule has 11 heteroatoms. The molecule has 34 heavy (non-hydrogen) atoms. The Morgan fingerprint density at radius 3 is 2.00 bits per heavy atom. The SMILES string of the molecule is COc1ccc(NS(=O)(=O)c2ccc(N3CCCC3)c(NS(=O)(=O)c3ccc(Br)cc3)c2)cc1. The molecule has 1 heterocycles. The fraction of sp³-hybridized carbons (Fsp3) is 0.217. The van der Waals surface area contributed by atoms with Gasteiger partial charge in [-0.05, 0) is 79.6 Å². The van der Waals surface area contributed by atoms with E-state index in [4.69, 9.17) is 4.74 Å². The summed E-state index contributed by atoms with van der Waals surface area (Å²) in [7, 11) is -6.38. The second kappa shape index (κ2) is 9.85. The average Bonchev–Trinajstić information content (AvgIpc) is 3.34. The molecule has 3 aromatic carbocycles. The monoisotopic (exact) mass is 565 g/mol. The van der Waals surface area contributed by atoms with E-state index < -0.39 is 20.0 Å². The van der Waals surface area contributed by atoms with Crippen molar-refractivity contribution in [2.45, 2.75) is 22.6 Å². The van der Waals surface area contributed by atoms with Crippen LogP contribution in [0.15, 0.2) is 81.0 Å². The molecule has 0 atom stereocenters. The number of benzene rings is 3. The van der Waals surface area contributed by atoms with Crippen LogP contribution in [0.4, 0.5) is 17.1 Å². The lowest BCUT2D eigenvalue weighted by atomic mass is 10.2. The van der Waals surface area contributed by atoms with E-state index in [-0.39, 0.29) is 15.5 Å². The van der Waals surface area contributed by atoms with Crippen molar-refractivity contribution < 1.29 is 21.6 Å². The normalized spacial score (nSPS) is 14.1. The van der Waals surface area contributed by atoms with Gasteiger partial charge in [0.2, 0.25) is 0 Å². The standard InChI is InChI=1S/C23H24BrN3O5S2/c1-32-19-8-6-18(7-9-19)25-34(30,31)21-12-13-23(27-14-2-3-15-27)22(16-21)26-33(28,29)20-10-4-17(24)5-11-20/h4-13,16,25-26H,2-3,14-15H2,1H3. The van der Waals surface area contributed by atoms with Crippen LogP contribution < -0.4 is 19.1 Å². The van der Waals surface area contributed by atoms with E-state index in [0.717, 1.165) is 30.4 Å². The summed E-state index contributed by atoms with van der Waals surface area (Å²) >= 11 is 3.30. The van der Waals surface area contributed by atoms with Gasteiger partial charge < -0.3 is 9.64 Å². The van der Waals surface area contributed by atoms with Crippen molar-refractivity contribution in [3.63, 3.8) is 0 Å². The molecular weight excluding hydrogens is 542 g/mol. The van der Waals surface area contributed by atoms with Crippen molar-refractivity contribution in [2.75, 3.05) is 34.5 Å². The zero-order chi connectivity index (χ0) is 24.3. The molecule has 4 rings (SSSR count). The van der Waals surface area contributed by atoms with Crippen LogP contribution in [0.1, 0.15) is 12.8 Å². The van der Waals surface area contributed by atoms with Crippen LogP contribution in [0.2, 0.25) is 0 Å². The van der Waals surface area contributed by atoms with E-state index in [1.165, 1.54) is 31.4 Å². The van der Waals surface area contributed by atoms with Gasteiger partial charge in [-0.25, -0.2) is 16.8 Å². The van der Waals surface area contributed by atoms with Crippen LogP contribution >= 0.6 is 15.9 Å². The fourth-order valence-corrected chi connectivity index (χ4v) is 6.10. The van der Waals surface area contributed by atoms with Crippen LogP contribution in [0, 0.1) is 0 Å². The second-order valence-corrected chi connectivity index (χ2v) is 12.0. The smallest absolute Gasteiger partial charge is 0.261 e. The van der Waals surface area contributed by atoms with Gasteiger partial charge in [-0.3, -0.25) is 9.44 Å². The van der Waals surface area contributed by atoms with Gasteiger partial charge in [-0.1, -0.05) is 15.9 Å². The van der Waals surface area contributed by atoms with E-state index in [9.17, 15) is 16.8 Å². The molecule has 0 aliphatic carbocycles. The Bertz CT molecular complexity index is 1370. The molecule has 0 spiro atoms. The number of hydrogen-bond acceptors (Lipinski definition) is 6. The maximum absolute atomic E-state index is 13.1. The van der Waals surface area contributed by atoms with Gasteiger partial charge in [-0.2, -0.15) is 0 Å². The molecule has 180 valence electrons. The first-order valence-electron chi connectivity index (χ1n) is 10.5. The average molecular weight is 566 g/mol. The van der Waals surface area contributed by atoms with Crippen molar-refractivity contribution in [2.24, 2.45) is 0 Å². The summed E-state index contributed by atoms with van der Waals surface area (Å²) in [5.74, 6) is 0.600. The van der Waals surface area contributed by atoms with E-state index >= 15 is 0 Å². The zero-order valence-electron chi connectivity index (χ0n) is 18.4. The van der Waals surface area contributed by atoms with Crippen LogP contribution in [0.3, 0.4) is 0 Å². The number of methoxy groups -OCH3 is 1. The molecule has 0 amide bonds. The molecule has 1 aliphatic heterocycles. The summed E-state index contributed by atoms with van der Waals surface area (Å²) in [5.41, 5.74) is 1.21. The Morgan fingerprint density at radius 1 is 0.794 bits per heavy atom. The molecule has 0 radical (unpaired) electrons. The van der Waals surface area contributed by atoms with Crippen LogP contribution in [-0.2, 0) is 20.0 Å². The first-order valence-corrected chi connectivity index (χ1v) is 14.3. The van der Waals surface area contributed by atoms with E-state index in [1.54, 1.807) is 42.5 Å². The number of rotatable bonds is 8. The quantitative estimate of drug-likeness (QED) is 0.411. The van der Waals surface area contributed by atoms with Crippen molar-refractivity contribution >= 4 is 53.0 Å². The third-order valence-electron chi connectivity index (χ3n) is 5.44. The number of nitrogens with zero attached hydrogens (tertiary/aromatic N) is 1. The minimum absolute atomic E-state index is 0.0558. The minimum atomic E-state index is -3.97. The summed E-state index contributed by atoms with van der Waals surface area (Å²) in [6, 6.07) is 17.2. The fourth-order valence-electron chi connectivity index (χ4n) is 3.69. The van der Waals surface area contributed by atoms with Gasteiger partial charge >= 0.3 is 0 Å². The van der Waals surface area contributed by atoms with E-state index in [1.807, 2.05) is 4.90 Å². The summed E-state index contributed by atoms with van der Waals surface area (Å²) in [4.78, 5) is 2.07. The lowest BCUT2D eigenvalue weighted by Crippen LogP contribution is -2.22. The highest BCUT2D eigenvalue weighted by Crippen LogP contribution is 2.33. The minimum Gasteiger partial charge on any atom is -0.497 e. The topological polar surface area (TPSA) is 105 Å². The first-order chi connectivity index (χ1) is 16.2. The molecule has 0 aromatic heterocycles. The summed E-state index contributed by atoms with van der Waals surface area (Å²) in [6.45, 7) is 1.53. The number of ether oxygens (including phenoxy) is 1. The number of anilines is 3. The summed E-state index contributed by atoms with van der Waals surface area (Å²) in [5, 5.41) is 0. The maximum Gasteiger partial charge on any atom is 0.261 e. The number of sulfonamides is 2. The van der Waals surface area contributed by atoms with Crippen LogP contribution in [0.25, 0.3) is 0 Å². The molecule has 0 unspecified atom stereocenters. The number of hydrogen-bond donors (Lipinski definition) is 2. The van der Waals surface area contributed by atoms with Gasteiger partial charge in [0.25, 0.3) is 20.0 Å². The highest BCUT2D eigenvalue weighted by atomic mass is 79.9. The first kappa shape index (κ1) is 24.4. The zero-order valence-corrected chi connectivity index (χ0v) is 21.6. The predicted molar refractivity (Wildman–Crippen MR) is 137 cm³/mol. The summed E-state index contributed by atoms with van der Waals surface area (Å²) < 4.78 is 63.3. The Hall–Kier alpha value is -2.76. The molecular formula is C23H24BrN3O5S2. The van der Waals surface area contributed by atoms with Gasteiger partial charge in [0.1, 0.15) is 5.75 Å². The molecule has 2 N–H and O–H groups in total. The van der Waals surface area contributed by atoms with Gasteiger partial charge in [0.05, 0.1) is 28.3 Å². The van der Waals surface area contributed by atoms with Gasteiger partial charge in [0.15, 0.2) is 0 Å². The van der Waals surface area contributed by atoms with Crippen LogP contribution in [-0.4, -0.2) is 37.0 Å². The Kier molecular flexibility index (Phi) is 7.06. The number of halogens is 1. The maximum atomic E-state index is 13.1. The Labute approximate surface area is 208 Å². The third-order valence-corrected chi connectivity index (χ3v) is 8.72. The Balaban J connectivity index is 1.69. The highest BCUT2D eigenvalue weighted by Gasteiger charge is 2.24. The Morgan fingerprint density at radius 2 is 1.38 bits per heavy atom. The van der Waals surface area contributed by atoms with Gasteiger partial charge in [0, 0.05) is 23.2 Å². The largest absolute Gasteiger partial charge is 0.497 e.